The van der Waals surface area contributed by atoms with Gasteiger partial charge in [-0.3, -0.25) is 0 Å². The third kappa shape index (κ3) is 1.84. The predicted molar refractivity (Wildman–Crippen MR) is 43.2 cm³/mol. The molecule has 0 aromatic carbocycles. The molecule has 0 spiro atoms. The summed E-state index contributed by atoms with van der Waals surface area (Å²) in [6, 6.07) is 3.68. The molecule has 0 unspecified atom stereocenters. The molecule has 62 valence electrons. The lowest BCUT2D eigenvalue weighted by Crippen LogP contribution is -2.03. The number of hydrogen-bond donors (Lipinski definition) is 1. The summed E-state index contributed by atoms with van der Waals surface area (Å²) < 4.78 is 5.26. The van der Waals surface area contributed by atoms with Crippen molar-refractivity contribution in [3.63, 3.8) is 0 Å². The number of furan rings is 1. The molecule has 1 aromatic heterocycles. The van der Waals surface area contributed by atoms with Gasteiger partial charge in [-0.05, 0) is 25.0 Å². The Morgan fingerprint density at radius 1 is 1.36 bits per heavy atom. The number of hydrogen-bond acceptors (Lipinski definition) is 2. The van der Waals surface area contributed by atoms with Crippen LogP contribution in [-0.2, 0) is 0 Å². The summed E-state index contributed by atoms with van der Waals surface area (Å²) >= 11 is 0. The topological polar surface area (TPSA) is 33.4 Å². The lowest BCUT2D eigenvalue weighted by atomic mass is 10.1. The molecule has 0 radical (unpaired) electrons. The second-order valence-corrected chi connectivity index (χ2v) is 3.14. The SMILES string of the molecule is Cc1ccc([C@H](O)C(C)C)o1. The Bertz CT molecular complexity index is 225. The van der Waals surface area contributed by atoms with Crippen molar-refractivity contribution in [3.05, 3.63) is 23.7 Å². The highest BCUT2D eigenvalue weighted by Crippen LogP contribution is 2.22. The van der Waals surface area contributed by atoms with Crippen molar-refractivity contribution in [1.82, 2.24) is 0 Å². The highest BCUT2D eigenvalue weighted by molar-refractivity contribution is 5.08. The summed E-state index contributed by atoms with van der Waals surface area (Å²) in [6.45, 7) is 5.79. The molecule has 1 heterocycles. The lowest BCUT2D eigenvalue weighted by molar-refractivity contribution is 0.102. The van der Waals surface area contributed by atoms with E-state index < -0.39 is 6.10 Å². The Morgan fingerprint density at radius 2 is 2.00 bits per heavy atom. The van der Waals surface area contributed by atoms with Gasteiger partial charge in [-0.1, -0.05) is 13.8 Å². The summed E-state index contributed by atoms with van der Waals surface area (Å²) in [5, 5.41) is 9.52. The zero-order chi connectivity index (χ0) is 8.43. The maximum absolute atomic E-state index is 9.52. The molecule has 0 fully saturated rings. The zero-order valence-corrected chi connectivity index (χ0v) is 7.16. The Morgan fingerprint density at radius 3 is 2.36 bits per heavy atom. The molecule has 0 bridgehead atoms. The van der Waals surface area contributed by atoms with Gasteiger partial charge in [0.25, 0.3) is 0 Å². The highest BCUT2D eigenvalue weighted by Gasteiger charge is 2.14. The Balaban J connectivity index is 2.76. The smallest absolute Gasteiger partial charge is 0.132 e. The maximum Gasteiger partial charge on any atom is 0.132 e. The number of rotatable bonds is 2. The van der Waals surface area contributed by atoms with Gasteiger partial charge < -0.3 is 9.52 Å². The first kappa shape index (κ1) is 8.34. The van der Waals surface area contributed by atoms with E-state index in [9.17, 15) is 5.11 Å². The van der Waals surface area contributed by atoms with Gasteiger partial charge in [0.15, 0.2) is 0 Å². The van der Waals surface area contributed by atoms with Crippen LogP contribution in [0.4, 0.5) is 0 Å². The van der Waals surface area contributed by atoms with E-state index in [1.54, 1.807) is 0 Å². The molecule has 1 atom stereocenters. The van der Waals surface area contributed by atoms with E-state index in [-0.39, 0.29) is 5.92 Å². The second-order valence-electron chi connectivity index (χ2n) is 3.14. The van der Waals surface area contributed by atoms with E-state index >= 15 is 0 Å². The average molecular weight is 154 g/mol. The summed E-state index contributed by atoms with van der Waals surface area (Å²) in [5.74, 6) is 1.72. The molecule has 0 aliphatic carbocycles. The average Bonchev–Trinajstić information content (AvgIpc) is 2.34. The van der Waals surface area contributed by atoms with Crippen LogP contribution in [0.25, 0.3) is 0 Å². The summed E-state index contributed by atoms with van der Waals surface area (Å²) in [7, 11) is 0. The molecular weight excluding hydrogens is 140 g/mol. The molecule has 1 N–H and O–H groups in total. The van der Waals surface area contributed by atoms with Gasteiger partial charge in [0, 0.05) is 0 Å². The quantitative estimate of drug-likeness (QED) is 0.709. The minimum atomic E-state index is -0.469. The fourth-order valence-electron chi connectivity index (χ4n) is 0.941. The number of aliphatic hydroxyl groups is 1. The van der Waals surface area contributed by atoms with Crippen LogP contribution >= 0.6 is 0 Å². The van der Waals surface area contributed by atoms with Crippen LogP contribution in [0.15, 0.2) is 16.5 Å². The fraction of sp³-hybridized carbons (Fsp3) is 0.556. The standard InChI is InChI=1S/C9H14O2/c1-6(2)9(10)8-5-4-7(3)11-8/h4-6,9-10H,1-3H3/t9-/m1/s1. The van der Waals surface area contributed by atoms with Crippen molar-refractivity contribution < 1.29 is 9.52 Å². The van der Waals surface area contributed by atoms with Crippen molar-refractivity contribution in [3.8, 4) is 0 Å². The van der Waals surface area contributed by atoms with Crippen LogP contribution in [0.2, 0.25) is 0 Å². The summed E-state index contributed by atoms with van der Waals surface area (Å²) in [6.07, 6.45) is -0.469. The molecule has 0 aliphatic rings. The lowest BCUT2D eigenvalue weighted by Gasteiger charge is -2.10. The van der Waals surface area contributed by atoms with Gasteiger partial charge in [0.1, 0.15) is 17.6 Å². The third-order valence-corrected chi connectivity index (χ3v) is 1.68. The van der Waals surface area contributed by atoms with E-state index in [1.165, 1.54) is 0 Å². The van der Waals surface area contributed by atoms with Gasteiger partial charge in [-0.25, -0.2) is 0 Å². The molecular formula is C9H14O2. The number of aryl methyl sites for hydroxylation is 1. The minimum absolute atomic E-state index is 0.209. The summed E-state index contributed by atoms with van der Waals surface area (Å²) in [4.78, 5) is 0. The first-order valence-corrected chi connectivity index (χ1v) is 3.85. The molecule has 0 aliphatic heterocycles. The Labute approximate surface area is 66.8 Å². The molecule has 0 saturated heterocycles. The van der Waals surface area contributed by atoms with Crippen molar-refractivity contribution in [2.75, 3.05) is 0 Å². The second kappa shape index (κ2) is 3.09. The highest BCUT2D eigenvalue weighted by atomic mass is 16.4. The normalized spacial score (nSPS) is 13.9. The van der Waals surface area contributed by atoms with Crippen LogP contribution in [0, 0.1) is 12.8 Å². The largest absolute Gasteiger partial charge is 0.464 e. The van der Waals surface area contributed by atoms with Crippen molar-refractivity contribution in [2.45, 2.75) is 26.9 Å². The van der Waals surface area contributed by atoms with E-state index in [2.05, 4.69) is 0 Å². The van der Waals surface area contributed by atoms with Crippen molar-refractivity contribution in [2.24, 2.45) is 5.92 Å². The molecule has 1 rings (SSSR count). The monoisotopic (exact) mass is 154 g/mol. The minimum Gasteiger partial charge on any atom is -0.464 e. The molecule has 0 saturated carbocycles. The van der Waals surface area contributed by atoms with E-state index in [1.807, 2.05) is 32.9 Å². The van der Waals surface area contributed by atoms with Gasteiger partial charge in [-0.2, -0.15) is 0 Å². The Hall–Kier alpha value is -0.760. The van der Waals surface area contributed by atoms with E-state index in [0.29, 0.717) is 5.76 Å². The van der Waals surface area contributed by atoms with E-state index in [0.717, 1.165) is 5.76 Å². The maximum atomic E-state index is 9.52. The predicted octanol–water partition coefficient (Wildman–Crippen LogP) is 2.28. The van der Waals surface area contributed by atoms with Crippen LogP contribution in [0.3, 0.4) is 0 Å². The fourth-order valence-corrected chi connectivity index (χ4v) is 0.941. The number of aliphatic hydroxyl groups excluding tert-OH is 1. The zero-order valence-electron chi connectivity index (χ0n) is 7.16. The first-order valence-electron chi connectivity index (χ1n) is 3.85. The van der Waals surface area contributed by atoms with Crippen LogP contribution in [0.5, 0.6) is 0 Å². The van der Waals surface area contributed by atoms with Crippen LogP contribution in [-0.4, -0.2) is 5.11 Å². The van der Waals surface area contributed by atoms with E-state index in [4.69, 9.17) is 4.42 Å². The van der Waals surface area contributed by atoms with Crippen molar-refractivity contribution >= 4 is 0 Å². The summed E-state index contributed by atoms with van der Waals surface area (Å²) in [5.41, 5.74) is 0. The van der Waals surface area contributed by atoms with Gasteiger partial charge in [-0.15, -0.1) is 0 Å². The first-order chi connectivity index (χ1) is 5.11. The molecule has 2 nitrogen and oxygen atoms in total. The third-order valence-electron chi connectivity index (χ3n) is 1.68. The molecule has 11 heavy (non-hydrogen) atoms. The van der Waals surface area contributed by atoms with Gasteiger partial charge in [0.2, 0.25) is 0 Å². The van der Waals surface area contributed by atoms with Gasteiger partial charge >= 0.3 is 0 Å². The molecule has 2 heteroatoms. The Kier molecular flexibility index (Phi) is 2.35. The van der Waals surface area contributed by atoms with Crippen LogP contribution < -0.4 is 0 Å². The van der Waals surface area contributed by atoms with Crippen LogP contribution in [0.1, 0.15) is 31.5 Å². The van der Waals surface area contributed by atoms with Crippen molar-refractivity contribution in [1.29, 1.82) is 0 Å². The molecule has 0 amide bonds. The van der Waals surface area contributed by atoms with Gasteiger partial charge in [0.05, 0.1) is 0 Å². The molecule has 1 aromatic rings.